The fraction of sp³-hybridized carbons (Fsp3) is 0.444. The predicted octanol–water partition coefficient (Wildman–Crippen LogP) is 2.90. The topological polar surface area (TPSA) is 38.1 Å². The van der Waals surface area contributed by atoms with Crippen molar-refractivity contribution in [3.63, 3.8) is 0 Å². The lowest BCUT2D eigenvalue weighted by Gasteiger charge is -2.25. The molecule has 1 unspecified atom stereocenters. The number of rotatable bonds is 6. The SMILES string of the molecule is O=C(CCCn1ccnc1)N1CCCC1Cc1ccccc1. The maximum absolute atomic E-state index is 12.5. The quantitative estimate of drug-likeness (QED) is 0.822. The third kappa shape index (κ3) is 3.75. The summed E-state index contributed by atoms with van der Waals surface area (Å²) in [7, 11) is 0. The van der Waals surface area contributed by atoms with Crippen molar-refractivity contribution in [2.75, 3.05) is 6.54 Å². The Hall–Kier alpha value is -2.10. The summed E-state index contributed by atoms with van der Waals surface area (Å²) >= 11 is 0. The van der Waals surface area contributed by atoms with Crippen LogP contribution in [0.3, 0.4) is 0 Å². The van der Waals surface area contributed by atoms with Gasteiger partial charge >= 0.3 is 0 Å². The Balaban J connectivity index is 1.50. The smallest absolute Gasteiger partial charge is 0.222 e. The number of hydrogen-bond acceptors (Lipinski definition) is 2. The van der Waals surface area contributed by atoms with Crippen molar-refractivity contribution >= 4 is 5.91 Å². The van der Waals surface area contributed by atoms with Crippen LogP contribution in [0.25, 0.3) is 0 Å². The van der Waals surface area contributed by atoms with E-state index >= 15 is 0 Å². The zero-order valence-electron chi connectivity index (χ0n) is 12.9. The number of benzene rings is 1. The van der Waals surface area contributed by atoms with Crippen LogP contribution in [-0.2, 0) is 17.8 Å². The number of carbonyl (C=O) groups excluding carboxylic acids is 1. The van der Waals surface area contributed by atoms with E-state index in [0.717, 1.165) is 38.8 Å². The molecule has 0 bridgehead atoms. The number of carbonyl (C=O) groups is 1. The Bertz CT molecular complexity index is 580. The van der Waals surface area contributed by atoms with Gasteiger partial charge in [-0.15, -0.1) is 0 Å². The van der Waals surface area contributed by atoms with E-state index in [1.54, 1.807) is 12.5 Å². The van der Waals surface area contributed by atoms with Crippen LogP contribution in [0.4, 0.5) is 0 Å². The number of imidazole rings is 1. The number of amides is 1. The van der Waals surface area contributed by atoms with Crippen LogP contribution in [-0.4, -0.2) is 32.9 Å². The van der Waals surface area contributed by atoms with Crippen LogP contribution in [0.1, 0.15) is 31.2 Å². The fourth-order valence-corrected chi connectivity index (χ4v) is 3.24. The normalized spacial score (nSPS) is 17.8. The van der Waals surface area contributed by atoms with Gasteiger partial charge < -0.3 is 9.47 Å². The van der Waals surface area contributed by atoms with Gasteiger partial charge in [0, 0.05) is 37.9 Å². The van der Waals surface area contributed by atoms with Crippen molar-refractivity contribution < 1.29 is 4.79 Å². The van der Waals surface area contributed by atoms with Crippen molar-refractivity contribution in [2.45, 2.75) is 44.7 Å². The molecule has 1 fully saturated rings. The Labute approximate surface area is 131 Å². The van der Waals surface area contributed by atoms with E-state index in [9.17, 15) is 4.79 Å². The summed E-state index contributed by atoms with van der Waals surface area (Å²) in [6.45, 7) is 1.78. The maximum Gasteiger partial charge on any atom is 0.222 e. The van der Waals surface area contributed by atoms with Crippen LogP contribution in [0.2, 0.25) is 0 Å². The first-order valence-electron chi connectivity index (χ1n) is 8.12. The molecule has 1 aliphatic heterocycles. The minimum Gasteiger partial charge on any atom is -0.339 e. The molecule has 0 N–H and O–H groups in total. The number of aryl methyl sites for hydroxylation is 1. The van der Waals surface area contributed by atoms with Gasteiger partial charge in [0.1, 0.15) is 0 Å². The second kappa shape index (κ2) is 7.25. The molecule has 4 nitrogen and oxygen atoms in total. The number of aromatic nitrogens is 2. The number of nitrogens with zero attached hydrogens (tertiary/aromatic N) is 3. The largest absolute Gasteiger partial charge is 0.339 e. The van der Waals surface area contributed by atoms with Gasteiger partial charge in [-0.25, -0.2) is 4.98 Å². The molecule has 1 aromatic heterocycles. The molecule has 22 heavy (non-hydrogen) atoms. The summed E-state index contributed by atoms with van der Waals surface area (Å²) in [5, 5.41) is 0. The van der Waals surface area contributed by atoms with E-state index in [1.165, 1.54) is 5.56 Å². The Morgan fingerprint density at radius 2 is 2.14 bits per heavy atom. The van der Waals surface area contributed by atoms with E-state index in [0.29, 0.717) is 18.4 Å². The van der Waals surface area contributed by atoms with Crippen molar-refractivity contribution in [3.05, 3.63) is 54.6 Å². The Morgan fingerprint density at radius 3 is 2.91 bits per heavy atom. The summed E-state index contributed by atoms with van der Waals surface area (Å²) in [6, 6.07) is 10.9. The average molecular weight is 297 g/mol. The average Bonchev–Trinajstić information content (AvgIpc) is 3.20. The highest BCUT2D eigenvalue weighted by atomic mass is 16.2. The Kier molecular flexibility index (Phi) is 4.88. The first kappa shape index (κ1) is 14.8. The summed E-state index contributed by atoms with van der Waals surface area (Å²) in [4.78, 5) is 18.6. The number of likely N-dealkylation sites (tertiary alicyclic amines) is 1. The molecule has 2 heterocycles. The van der Waals surface area contributed by atoms with Crippen LogP contribution in [0.5, 0.6) is 0 Å². The highest BCUT2D eigenvalue weighted by Crippen LogP contribution is 2.22. The van der Waals surface area contributed by atoms with Crippen molar-refractivity contribution in [3.8, 4) is 0 Å². The second-order valence-electron chi connectivity index (χ2n) is 5.98. The van der Waals surface area contributed by atoms with Gasteiger partial charge in [-0.3, -0.25) is 4.79 Å². The zero-order chi connectivity index (χ0) is 15.2. The lowest BCUT2D eigenvalue weighted by Crippen LogP contribution is -2.36. The third-order valence-electron chi connectivity index (χ3n) is 4.38. The molecule has 1 atom stereocenters. The molecule has 0 saturated carbocycles. The summed E-state index contributed by atoms with van der Waals surface area (Å²) in [5.74, 6) is 0.304. The highest BCUT2D eigenvalue weighted by Gasteiger charge is 2.28. The van der Waals surface area contributed by atoms with Gasteiger partial charge in [-0.2, -0.15) is 0 Å². The van der Waals surface area contributed by atoms with Crippen molar-refractivity contribution in [1.29, 1.82) is 0 Å². The van der Waals surface area contributed by atoms with Gasteiger partial charge in [-0.05, 0) is 31.2 Å². The van der Waals surface area contributed by atoms with Crippen LogP contribution in [0.15, 0.2) is 49.1 Å². The summed E-state index contributed by atoms with van der Waals surface area (Å²) in [6.07, 6.45) is 10.3. The Morgan fingerprint density at radius 1 is 1.27 bits per heavy atom. The van der Waals surface area contributed by atoms with Gasteiger partial charge in [0.05, 0.1) is 6.33 Å². The van der Waals surface area contributed by atoms with Crippen LogP contribution < -0.4 is 0 Å². The van der Waals surface area contributed by atoms with Gasteiger partial charge in [0.2, 0.25) is 5.91 Å². The van der Waals surface area contributed by atoms with Gasteiger partial charge in [-0.1, -0.05) is 30.3 Å². The summed E-state index contributed by atoms with van der Waals surface area (Å²) in [5.41, 5.74) is 1.32. The lowest BCUT2D eigenvalue weighted by atomic mass is 10.0. The van der Waals surface area contributed by atoms with E-state index in [1.807, 2.05) is 16.8 Å². The van der Waals surface area contributed by atoms with E-state index in [-0.39, 0.29) is 0 Å². The molecule has 0 radical (unpaired) electrons. The van der Waals surface area contributed by atoms with Crippen LogP contribution in [0, 0.1) is 0 Å². The number of hydrogen-bond donors (Lipinski definition) is 0. The third-order valence-corrected chi connectivity index (χ3v) is 4.38. The monoisotopic (exact) mass is 297 g/mol. The fourth-order valence-electron chi connectivity index (χ4n) is 3.24. The minimum atomic E-state index is 0.304. The molecule has 0 spiro atoms. The molecular formula is C18H23N3O. The van der Waals surface area contributed by atoms with Crippen molar-refractivity contribution in [1.82, 2.24) is 14.5 Å². The van der Waals surface area contributed by atoms with E-state index < -0.39 is 0 Å². The molecule has 3 rings (SSSR count). The standard InChI is InChI=1S/C18H23N3O/c22-18(9-5-11-20-13-10-19-15-20)21-12-4-8-17(21)14-16-6-2-1-3-7-16/h1-3,6-7,10,13,15,17H,4-5,8-9,11-12,14H2. The lowest BCUT2D eigenvalue weighted by molar-refractivity contribution is -0.132. The molecule has 0 aliphatic carbocycles. The first-order chi connectivity index (χ1) is 10.8. The predicted molar refractivity (Wildman–Crippen MR) is 86.3 cm³/mol. The van der Waals surface area contributed by atoms with Crippen LogP contribution >= 0.6 is 0 Å². The maximum atomic E-state index is 12.5. The van der Waals surface area contributed by atoms with Gasteiger partial charge in [0.15, 0.2) is 0 Å². The van der Waals surface area contributed by atoms with Gasteiger partial charge in [0.25, 0.3) is 0 Å². The van der Waals surface area contributed by atoms with E-state index in [2.05, 4.69) is 34.1 Å². The summed E-state index contributed by atoms with van der Waals surface area (Å²) < 4.78 is 2.03. The molecule has 1 aliphatic rings. The highest BCUT2D eigenvalue weighted by molar-refractivity contribution is 5.76. The molecular weight excluding hydrogens is 274 g/mol. The van der Waals surface area contributed by atoms with Crippen molar-refractivity contribution in [2.24, 2.45) is 0 Å². The minimum absolute atomic E-state index is 0.304. The molecule has 1 amide bonds. The molecule has 116 valence electrons. The molecule has 1 saturated heterocycles. The molecule has 1 aromatic carbocycles. The molecule has 4 heteroatoms. The molecule has 2 aromatic rings. The zero-order valence-corrected chi connectivity index (χ0v) is 12.9. The van der Waals surface area contributed by atoms with E-state index in [4.69, 9.17) is 0 Å². The second-order valence-corrected chi connectivity index (χ2v) is 5.98. The first-order valence-corrected chi connectivity index (χ1v) is 8.12.